The molecule has 0 aliphatic carbocycles. The number of ether oxygens (including phenoxy) is 4. The van der Waals surface area contributed by atoms with Crippen molar-refractivity contribution in [2.45, 2.75) is 76.7 Å². The van der Waals surface area contributed by atoms with Gasteiger partial charge in [-0.2, -0.15) is 5.26 Å². The molecule has 4 aromatic rings. The fraction of sp³-hybridized carbons (Fsp3) is 0.421. The summed E-state index contributed by atoms with van der Waals surface area (Å²) in [6.45, 7) is 9.00. The highest BCUT2D eigenvalue weighted by atomic mass is 31.2. The molecule has 5 rings (SSSR count). The molecule has 10 nitrogen and oxygen atoms in total. The average Bonchev–Trinajstić information content (AvgIpc) is 3.80. The smallest absolute Gasteiger partial charge is 0.259 e. The van der Waals surface area contributed by atoms with Gasteiger partial charge in [0.05, 0.1) is 52.4 Å². The second-order valence-corrected chi connectivity index (χ2v) is 13.8. The second kappa shape index (κ2) is 17.2. The van der Waals surface area contributed by atoms with Gasteiger partial charge in [0.15, 0.2) is 0 Å². The van der Waals surface area contributed by atoms with Crippen LogP contribution < -0.4 is 9.47 Å². The molecule has 260 valence electrons. The Hall–Kier alpha value is -3.81. The predicted octanol–water partition coefficient (Wildman–Crippen LogP) is 7.86. The molecule has 0 amide bonds. The maximum atomic E-state index is 9.25. The van der Waals surface area contributed by atoms with E-state index in [1.165, 1.54) is 0 Å². The zero-order valence-electron chi connectivity index (χ0n) is 29.1. The van der Waals surface area contributed by atoms with Crippen molar-refractivity contribution in [3.05, 3.63) is 114 Å². The van der Waals surface area contributed by atoms with E-state index in [4.69, 9.17) is 28.0 Å². The average molecular weight is 687 g/mol. The van der Waals surface area contributed by atoms with E-state index in [-0.39, 0.29) is 44.1 Å². The van der Waals surface area contributed by atoms with Crippen molar-refractivity contribution in [2.75, 3.05) is 27.4 Å². The number of rotatable bonds is 17. The van der Waals surface area contributed by atoms with Gasteiger partial charge in [0.1, 0.15) is 29.4 Å². The summed E-state index contributed by atoms with van der Waals surface area (Å²) in [5, 5.41) is 9.25. The van der Waals surface area contributed by atoms with Gasteiger partial charge < -0.3 is 32.6 Å². The molecule has 0 N–H and O–H groups in total. The number of hydrogen-bond donors (Lipinski definition) is 0. The molecular formula is C38H47N4O6P. The summed E-state index contributed by atoms with van der Waals surface area (Å²) in [7, 11) is 1.80. The first-order valence-electron chi connectivity index (χ1n) is 16.7. The lowest BCUT2D eigenvalue weighted by Gasteiger charge is -2.39. The molecule has 1 aromatic heterocycles. The molecule has 0 radical (unpaired) electrons. The first-order chi connectivity index (χ1) is 23.8. The van der Waals surface area contributed by atoms with Crippen LogP contribution in [-0.4, -0.2) is 65.9 Å². The Morgan fingerprint density at radius 3 is 2.02 bits per heavy atom. The van der Waals surface area contributed by atoms with Gasteiger partial charge in [0.25, 0.3) is 8.53 Å². The quantitative estimate of drug-likeness (QED) is 0.0624. The van der Waals surface area contributed by atoms with Crippen LogP contribution in [0.1, 0.15) is 63.5 Å². The van der Waals surface area contributed by atoms with Crippen LogP contribution in [0.25, 0.3) is 0 Å². The minimum atomic E-state index is -1.52. The lowest BCUT2D eigenvalue weighted by atomic mass is 9.80. The Kier molecular flexibility index (Phi) is 12.8. The zero-order valence-corrected chi connectivity index (χ0v) is 30.0. The first kappa shape index (κ1) is 36.5. The van der Waals surface area contributed by atoms with Gasteiger partial charge in [-0.15, -0.1) is 0 Å². The van der Waals surface area contributed by atoms with Crippen molar-refractivity contribution >= 4 is 8.53 Å². The summed E-state index contributed by atoms with van der Waals surface area (Å²) >= 11 is 0. The Labute approximate surface area is 291 Å². The molecule has 2 heterocycles. The van der Waals surface area contributed by atoms with Crippen LogP contribution in [-0.2, 0) is 24.1 Å². The summed E-state index contributed by atoms with van der Waals surface area (Å²) in [5.41, 5.74) is 1.80. The molecule has 3 aromatic carbocycles. The van der Waals surface area contributed by atoms with Gasteiger partial charge in [-0.25, -0.2) is 9.65 Å². The molecule has 11 heteroatoms. The Morgan fingerprint density at radius 1 is 0.918 bits per heavy atom. The summed E-state index contributed by atoms with van der Waals surface area (Å²) < 4.78 is 42.4. The predicted molar refractivity (Wildman–Crippen MR) is 189 cm³/mol. The second-order valence-electron chi connectivity index (χ2n) is 12.4. The SMILES string of the molecule is COc1ccc(C(OC[C@H]2O[C@@H](n3ccnc3)C[C@@H]2OP(OCCC#N)N(C(C)C)C(C)C)(c2ccccc2)c2ccc(OC)cc2)cc1. The van der Waals surface area contributed by atoms with E-state index < -0.39 is 20.2 Å². The fourth-order valence-corrected chi connectivity index (χ4v) is 8.03. The fourth-order valence-electron chi connectivity index (χ4n) is 6.28. The number of nitrogens with zero attached hydrogens (tertiary/aromatic N) is 4. The third-order valence-electron chi connectivity index (χ3n) is 8.56. The summed E-state index contributed by atoms with van der Waals surface area (Å²) in [6, 6.07) is 28.7. The number of benzene rings is 3. The van der Waals surface area contributed by atoms with E-state index in [1.54, 1.807) is 26.7 Å². The minimum Gasteiger partial charge on any atom is -0.497 e. The molecule has 4 atom stereocenters. The van der Waals surface area contributed by atoms with Crippen LogP contribution >= 0.6 is 8.53 Å². The van der Waals surface area contributed by atoms with Crippen LogP contribution in [0.4, 0.5) is 0 Å². The number of imidazole rings is 1. The van der Waals surface area contributed by atoms with Crippen molar-refractivity contribution in [1.82, 2.24) is 14.2 Å². The molecule has 1 aliphatic heterocycles. The van der Waals surface area contributed by atoms with Gasteiger partial charge in [-0.1, -0.05) is 54.6 Å². The molecule has 1 fully saturated rings. The van der Waals surface area contributed by atoms with Crippen LogP contribution in [0.5, 0.6) is 11.5 Å². The van der Waals surface area contributed by atoms with E-state index in [2.05, 4.69) is 55.6 Å². The molecule has 49 heavy (non-hydrogen) atoms. The van der Waals surface area contributed by atoms with Gasteiger partial charge in [0, 0.05) is 30.9 Å². The molecular weight excluding hydrogens is 639 g/mol. The Morgan fingerprint density at radius 2 is 1.51 bits per heavy atom. The van der Waals surface area contributed by atoms with E-state index >= 15 is 0 Å². The largest absolute Gasteiger partial charge is 0.497 e. The molecule has 1 saturated heterocycles. The van der Waals surface area contributed by atoms with Crippen LogP contribution in [0.15, 0.2) is 97.6 Å². The van der Waals surface area contributed by atoms with Crippen molar-refractivity contribution < 1.29 is 28.0 Å². The lowest BCUT2D eigenvalue weighted by Crippen LogP contribution is -2.39. The molecule has 1 unspecified atom stereocenters. The minimum absolute atomic E-state index is 0.158. The summed E-state index contributed by atoms with van der Waals surface area (Å²) in [4.78, 5) is 4.27. The van der Waals surface area contributed by atoms with Crippen molar-refractivity contribution in [3.63, 3.8) is 0 Å². The lowest BCUT2D eigenvalue weighted by molar-refractivity contribution is -0.0918. The van der Waals surface area contributed by atoms with Crippen molar-refractivity contribution in [2.24, 2.45) is 0 Å². The van der Waals surface area contributed by atoms with Crippen molar-refractivity contribution in [3.8, 4) is 17.6 Å². The standard InChI is InChI=1S/C38H47N4O6P/c1-28(2)42(29(3)4)49(46-24-10-21-39)48-35-25-37(41-23-22-40-27-41)47-36(35)26-45-38(30-11-8-7-9-12-30,31-13-17-33(43-5)18-14-31)32-15-19-34(44-6)20-16-32/h7-9,11-20,22-23,27-29,35-37H,10,24-26H2,1-6H3/t35-,36+,37+,49?/m0/s1. The first-order valence-corrected chi connectivity index (χ1v) is 17.8. The van der Waals surface area contributed by atoms with Crippen LogP contribution in [0, 0.1) is 11.3 Å². The molecule has 1 aliphatic rings. The highest BCUT2D eigenvalue weighted by Crippen LogP contribution is 2.50. The third kappa shape index (κ3) is 8.50. The summed E-state index contributed by atoms with van der Waals surface area (Å²) in [6.07, 6.45) is 5.10. The monoisotopic (exact) mass is 686 g/mol. The summed E-state index contributed by atoms with van der Waals surface area (Å²) in [5.74, 6) is 1.50. The van der Waals surface area contributed by atoms with Gasteiger partial charge in [0.2, 0.25) is 0 Å². The number of nitriles is 1. The van der Waals surface area contributed by atoms with E-state index in [0.717, 1.165) is 28.2 Å². The number of methoxy groups -OCH3 is 2. The highest BCUT2D eigenvalue weighted by Gasteiger charge is 2.44. The normalized spacial score (nSPS) is 18.6. The highest BCUT2D eigenvalue weighted by molar-refractivity contribution is 7.44. The molecule has 0 bridgehead atoms. The molecule has 0 saturated carbocycles. The number of hydrogen-bond acceptors (Lipinski definition) is 9. The van der Waals surface area contributed by atoms with Crippen LogP contribution in [0.3, 0.4) is 0 Å². The maximum Gasteiger partial charge on any atom is 0.259 e. The Bertz CT molecular complexity index is 1540. The zero-order chi connectivity index (χ0) is 34.8. The molecule has 0 spiro atoms. The topological polar surface area (TPSA) is 100 Å². The number of aromatic nitrogens is 2. The van der Waals surface area contributed by atoms with Crippen LogP contribution in [0.2, 0.25) is 0 Å². The van der Waals surface area contributed by atoms with E-state index in [0.29, 0.717) is 6.42 Å². The van der Waals surface area contributed by atoms with Gasteiger partial charge >= 0.3 is 0 Å². The van der Waals surface area contributed by atoms with E-state index in [9.17, 15) is 5.26 Å². The third-order valence-corrected chi connectivity index (χ3v) is 10.7. The van der Waals surface area contributed by atoms with Gasteiger partial charge in [-0.05, 0) is 68.7 Å². The van der Waals surface area contributed by atoms with Crippen molar-refractivity contribution in [1.29, 1.82) is 5.26 Å². The van der Waals surface area contributed by atoms with Gasteiger partial charge in [-0.3, -0.25) is 0 Å². The maximum absolute atomic E-state index is 9.25. The Balaban J connectivity index is 1.55. The van der Waals surface area contributed by atoms with E-state index in [1.807, 2.05) is 77.5 Å².